The van der Waals surface area contributed by atoms with Crippen molar-refractivity contribution in [3.63, 3.8) is 0 Å². The van der Waals surface area contributed by atoms with Crippen LogP contribution >= 0.6 is 0 Å². The molecule has 3 aromatic rings. The molecule has 0 saturated carbocycles. The Balaban J connectivity index is 2.09. The average molecular weight is 281 g/mol. The largest absolute Gasteiger partial charge is 0.497 e. The third kappa shape index (κ3) is 2.50. The van der Waals surface area contributed by atoms with E-state index in [1.165, 1.54) is 0 Å². The van der Waals surface area contributed by atoms with Crippen LogP contribution < -0.4 is 10.5 Å². The van der Waals surface area contributed by atoms with Gasteiger partial charge in [0.15, 0.2) is 0 Å². The summed E-state index contributed by atoms with van der Waals surface area (Å²) in [7, 11) is 1.67. The number of nitrogens with zero attached hydrogens (tertiary/aromatic N) is 2. The van der Waals surface area contributed by atoms with Gasteiger partial charge in [-0.1, -0.05) is 30.3 Å². The van der Waals surface area contributed by atoms with Crippen LogP contribution in [0.15, 0.2) is 54.7 Å². The van der Waals surface area contributed by atoms with E-state index >= 15 is 0 Å². The maximum atomic E-state index is 6.23. The van der Waals surface area contributed by atoms with Gasteiger partial charge in [-0.3, -0.25) is 4.68 Å². The van der Waals surface area contributed by atoms with Gasteiger partial charge < -0.3 is 10.5 Å². The number of hydrogen-bond acceptors (Lipinski definition) is 3. The zero-order chi connectivity index (χ0) is 14.8. The number of para-hydroxylation sites is 1. The molecule has 0 aliphatic carbocycles. The van der Waals surface area contributed by atoms with E-state index < -0.39 is 0 Å². The van der Waals surface area contributed by atoms with Gasteiger partial charge in [0.25, 0.3) is 0 Å². The van der Waals surface area contributed by atoms with Crippen molar-refractivity contribution in [3.8, 4) is 5.75 Å². The molecule has 0 aliphatic heterocycles. The molecule has 2 atom stereocenters. The molecule has 2 aromatic carbocycles. The third-order valence-corrected chi connectivity index (χ3v) is 3.72. The van der Waals surface area contributed by atoms with Crippen LogP contribution in [0.5, 0.6) is 5.75 Å². The average Bonchev–Trinajstić information content (AvgIpc) is 2.92. The molecular formula is C17H19N3O. The van der Waals surface area contributed by atoms with Crippen LogP contribution in [0.4, 0.5) is 0 Å². The Hall–Kier alpha value is -2.33. The summed E-state index contributed by atoms with van der Waals surface area (Å²) in [4.78, 5) is 0. The van der Waals surface area contributed by atoms with Gasteiger partial charge in [0.2, 0.25) is 0 Å². The van der Waals surface area contributed by atoms with E-state index in [9.17, 15) is 0 Å². The summed E-state index contributed by atoms with van der Waals surface area (Å²) < 4.78 is 7.22. The lowest BCUT2D eigenvalue weighted by Gasteiger charge is -2.23. The molecule has 0 amide bonds. The Morgan fingerprint density at radius 1 is 1.10 bits per heavy atom. The van der Waals surface area contributed by atoms with Crippen molar-refractivity contribution in [2.45, 2.75) is 19.0 Å². The van der Waals surface area contributed by atoms with Crippen LogP contribution in [-0.4, -0.2) is 22.9 Å². The Morgan fingerprint density at radius 2 is 1.81 bits per heavy atom. The maximum absolute atomic E-state index is 6.23. The summed E-state index contributed by atoms with van der Waals surface area (Å²) in [5.41, 5.74) is 8.45. The van der Waals surface area contributed by atoms with Gasteiger partial charge in [0, 0.05) is 11.4 Å². The molecule has 3 rings (SSSR count). The first-order valence-electron chi connectivity index (χ1n) is 7.02. The van der Waals surface area contributed by atoms with Crippen molar-refractivity contribution < 1.29 is 4.74 Å². The second-order valence-corrected chi connectivity index (χ2v) is 5.23. The molecule has 0 bridgehead atoms. The number of benzene rings is 2. The monoisotopic (exact) mass is 281 g/mol. The Kier molecular flexibility index (Phi) is 3.62. The van der Waals surface area contributed by atoms with E-state index in [2.05, 4.69) is 17.2 Å². The van der Waals surface area contributed by atoms with Crippen molar-refractivity contribution in [2.24, 2.45) is 5.73 Å². The first-order valence-corrected chi connectivity index (χ1v) is 7.02. The topological polar surface area (TPSA) is 53.1 Å². The van der Waals surface area contributed by atoms with Crippen LogP contribution in [0.25, 0.3) is 10.9 Å². The number of aromatic nitrogens is 2. The predicted octanol–water partition coefficient (Wildman–Crippen LogP) is 2.98. The number of nitrogens with two attached hydrogens (primary N) is 1. The molecule has 0 saturated heterocycles. The molecule has 2 N–H and O–H groups in total. The highest BCUT2D eigenvalue weighted by Crippen LogP contribution is 2.26. The molecule has 0 fully saturated rings. The fourth-order valence-electron chi connectivity index (χ4n) is 2.68. The lowest BCUT2D eigenvalue weighted by atomic mass is 10.0. The molecule has 4 nitrogen and oxygen atoms in total. The highest BCUT2D eigenvalue weighted by atomic mass is 16.5. The smallest absolute Gasteiger partial charge is 0.118 e. The number of hydrogen-bond donors (Lipinski definition) is 1. The highest BCUT2D eigenvalue weighted by molar-refractivity contribution is 5.78. The summed E-state index contributed by atoms with van der Waals surface area (Å²) in [6.07, 6.45) is 1.88. The van der Waals surface area contributed by atoms with E-state index in [1.807, 2.05) is 54.2 Å². The van der Waals surface area contributed by atoms with Gasteiger partial charge in [0.1, 0.15) is 5.75 Å². The molecule has 4 heteroatoms. The van der Waals surface area contributed by atoms with E-state index in [4.69, 9.17) is 10.5 Å². The lowest BCUT2D eigenvalue weighted by Crippen LogP contribution is -2.30. The second-order valence-electron chi connectivity index (χ2n) is 5.23. The van der Waals surface area contributed by atoms with Crippen LogP contribution in [-0.2, 0) is 0 Å². The molecule has 0 aliphatic rings. The Labute approximate surface area is 124 Å². The molecule has 21 heavy (non-hydrogen) atoms. The summed E-state index contributed by atoms with van der Waals surface area (Å²) in [6, 6.07) is 16.1. The Morgan fingerprint density at radius 3 is 2.48 bits per heavy atom. The quantitative estimate of drug-likeness (QED) is 0.800. The normalized spacial score (nSPS) is 14.0. The molecule has 1 aromatic heterocycles. The zero-order valence-electron chi connectivity index (χ0n) is 12.2. The molecule has 0 radical (unpaired) electrons. The van der Waals surface area contributed by atoms with E-state index in [0.717, 1.165) is 22.2 Å². The SMILES string of the molecule is COc1ccc(C(C(C)N)n2ncc3ccccc32)cc1. The van der Waals surface area contributed by atoms with Crippen molar-refractivity contribution in [1.82, 2.24) is 9.78 Å². The number of fused-ring (bicyclic) bond motifs is 1. The minimum absolute atomic E-state index is 0.00388. The number of ether oxygens (including phenoxy) is 1. The van der Waals surface area contributed by atoms with E-state index in [0.29, 0.717) is 0 Å². The first kappa shape index (κ1) is 13.6. The standard InChI is InChI=1S/C17H19N3O/c1-12(18)17(13-7-9-15(21-2)10-8-13)20-16-6-4-3-5-14(16)11-19-20/h3-12,17H,18H2,1-2H3. The van der Waals surface area contributed by atoms with Crippen molar-refractivity contribution >= 4 is 10.9 Å². The fourth-order valence-corrected chi connectivity index (χ4v) is 2.68. The molecule has 108 valence electrons. The first-order chi connectivity index (χ1) is 10.2. The van der Waals surface area contributed by atoms with Crippen LogP contribution in [0.2, 0.25) is 0 Å². The molecule has 1 heterocycles. The van der Waals surface area contributed by atoms with Crippen molar-refractivity contribution in [1.29, 1.82) is 0 Å². The van der Waals surface area contributed by atoms with Gasteiger partial charge in [-0.05, 0) is 30.7 Å². The lowest BCUT2D eigenvalue weighted by molar-refractivity contribution is 0.413. The van der Waals surface area contributed by atoms with Gasteiger partial charge in [-0.2, -0.15) is 5.10 Å². The Bertz CT molecular complexity index is 731. The van der Waals surface area contributed by atoms with E-state index in [-0.39, 0.29) is 12.1 Å². The summed E-state index contributed by atoms with van der Waals surface area (Å²) >= 11 is 0. The van der Waals surface area contributed by atoms with Crippen molar-refractivity contribution in [2.75, 3.05) is 7.11 Å². The molecular weight excluding hydrogens is 262 g/mol. The van der Waals surface area contributed by atoms with Gasteiger partial charge >= 0.3 is 0 Å². The second kappa shape index (κ2) is 5.58. The molecule has 0 spiro atoms. The minimum Gasteiger partial charge on any atom is -0.497 e. The van der Waals surface area contributed by atoms with Gasteiger partial charge in [-0.15, -0.1) is 0 Å². The van der Waals surface area contributed by atoms with Crippen LogP contribution in [0.1, 0.15) is 18.5 Å². The fraction of sp³-hybridized carbons (Fsp3) is 0.235. The van der Waals surface area contributed by atoms with Crippen LogP contribution in [0.3, 0.4) is 0 Å². The summed E-state index contributed by atoms with van der Waals surface area (Å²) in [5, 5.41) is 5.66. The highest BCUT2D eigenvalue weighted by Gasteiger charge is 2.21. The number of methoxy groups -OCH3 is 1. The number of rotatable bonds is 4. The third-order valence-electron chi connectivity index (χ3n) is 3.72. The maximum Gasteiger partial charge on any atom is 0.118 e. The van der Waals surface area contributed by atoms with E-state index in [1.54, 1.807) is 7.11 Å². The summed E-state index contributed by atoms with van der Waals surface area (Å²) in [5.74, 6) is 0.840. The zero-order valence-corrected chi connectivity index (χ0v) is 12.2. The predicted molar refractivity (Wildman–Crippen MR) is 84.5 cm³/mol. The van der Waals surface area contributed by atoms with Crippen molar-refractivity contribution in [3.05, 3.63) is 60.3 Å². The molecule has 2 unspecified atom stereocenters. The van der Waals surface area contributed by atoms with Gasteiger partial charge in [0.05, 0.1) is 24.9 Å². The van der Waals surface area contributed by atoms with Gasteiger partial charge in [-0.25, -0.2) is 0 Å². The summed E-state index contributed by atoms with van der Waals surface area (Å²) in [6.45, 7) is 2.01. The van der Waals surface area contributed by atoms with Crippen LogP contribution in [0, 0.1) is 0 Å². The minimum atomic E-state index is -0.0540.